The van der Waals surface area contributed by atoms with E-state index in [0.29, 0.717) is 0 Å². The van der Waals surface area contributed by atoms with Crippen molar-refractivity contribution >= 4 is 38.7 Å². The van der Waals surface area contributed by atoms with E-state index in [0.717, 1.165) is 0 Å². The minimum atomic E-state index is -2.13. The molecule has 3 heteroatoms. The van der Waals surface area contributed by atoms with Crippen molar-refractivity contribution in [2.24, 2.45) is 0 Å². The first-order valence-corrected chi connectivity index (χ1v) is 17.3. The molecule has 1 heterocycles. The van der Waals surface area contributed by atoms with Crippen LogP contribution >= 0.6 is 10.4 Å². The molecule has 0 amide bonds. The molecule has 1 aliphatic heterocycles. The Labute approximate surface area is 275 Å². The third-order valence-corrected chi connectivity index (χ3v) is 12.3. The molecule has 6 aromatic rings. The number of para-hydroxylation sites is 2. The van der Waals surface area contributed by atoms with Crippen molar-refractivity contribution in [3.63, 3.8) is 0 Å². The smallest absolute Gasteiger partial charge is 0.0777 e. The molecule has 0 N–H and O–H groups in total. The van der Waals surface area contributed by atoms with Crippen LogP contribution in [0.15, 0.2) is 180 Å². The van der Waals surface area contributed by atoms with Crippen LogP contribution in [-0.4, -0.2) is 0 Å². The third kappa shape index (κ3) is 5.03. The number of anilines is 4. The summed E-state index contributed by atoms with van der Waals surface area (Å²) in [5, 5.41) is 0. The van der Waals surface area contributed by atoms with E-state index in [9.17, 15) is 0 Å². The van der Waals surface area contributed by atoms with Gasteiger partial charge in [0.1, 0.15) is 0 Å². The quantitative estimate of drug-likeness (QED) is 0.165. The van der Waals surface area contributed by atoms with Gasteiger partial charge >= 0.3 is 0 Å². The molecule has 0 atom stereocenters. The first-order chi connectivity index (χ1) is 22.5. The molecule has 0 fully saturated rings. The maximum atomic E-state index is 3.92. The van der Waals surface area contributed by atoms with E-state index < -0.39 is 10.4 Å². The Bertz CT molecular complexity index is 1970. The Morgan fingerprint density at radius 3 is 1.52 bits per heavy atom. The van der Waals surface area contributed by atoms with Gasteiger partial charge in [0.25, 0.3) is 0 Å². The fraction of sp³-hybridized carbons (Fsp3) is 0.0698. The van der Waals surface area contributed by atoms with E-state index >= 15 is 0 Å². The largest absolute Gasteiger partial charge is 0.277 e. The highest BCUT2D eigenvalue weighted by atomic mass is 32.3. The number of allylic oxidation sites excluding steroid dienone is 3. The van der Waals surface area contributed by atoms with Crippen LogP contribution in [0, 0.1) is 13.8 Å². The van der Waals surface area contributed by atoms with Crippen molar-refractivity contribution < 1.29 is 0 Å². The highest BCUT2D eigenvalue weighted by molar-refractivity contribution is 8.36. The summed E-state index contributed by atoms with van der Waals surface area (Å²) < 4.78 is 5.24. The Hall–Kier alpha value is -5.25. The molecule has 46 heavy (non-hydrogen) atoms. The molecule has 226 valence electrons. The molecule has 0 unspecified atom stereocenters. The van der Waals surface area contributed by atoms with E-state index in [1.54, 1.807) is 0 Å². The lowest BCUT2D eigenvalue weighted by Gasteiger charge is -2.51. The highest BCUT2D eigenvalue weighted by Gasteiger charge is 2.50. The van der Waals surface area contributed by atoms with Gasteiger partial charge < -0.3 is 0 Å². The van der Waals surface area contributed by atoms with Crippen LogP contribution in [0.5, 0.6) is 0 Å². The van der Waals surface area contributed by atoms with Crippen LogP contribution in [-0.2, 0) is 0 Å². The zero-order valence-corrected chi connectivity index (χ0v) is 27.4. The Kier molecular flexibility index (Phi) is 7.86. The standard InChI is InChI=1S/C43H38N2S/c1-5-13-34(4)35-22-26-40(27-23-35)46(41-28-24-37(25-29-41)36-16-7-6-8-17-36)44(38-18-11-14-32(2)30-38)42-20-9-10-21-43(42)45(46)39-19-12-15-33(3)31-39/h5-31H,1H2,2-4H3/b34-13+. The van der Waals surface area contributed by atoms with Gasteiger partial charge in [-0.05, 0) is 125 Å². The zero-order valence-electron chi connectivity index (χ0n) is 26.6. The lowest BCUT2D eigenvalue weighted by Crippen LogP contribution is -2.30. The third-order valence-electron chi connectivity index (χ3n) is 8.62. The van der Waals surface area contributed by atoms with Crippen molar-refractivity contribution in [3.05, 3.63) is 187 Å². The predicted molar refractivity (Wildman–Crippen MR) is 199 cm³/mol. The van der Waals surface area contributed by atoms with Gasteiger partial charge in [-0.2, -0.15) is 0 Å². The maximum absolute atomic E-state index is 3.92. The summed E-state index contributed by atoms with van der Waals surface area (Å²) in [4.78, 5) is 2.52. The van der Waals surface area contributed by atoms with E-state index in [4.69, 9.17) is 0 Å². The Morgan fingerprint density at radius 1 is 0.543 bits per heavy atom. The van der Waals surface area contributed by atoms with Crippen LogP contribution in [0.25, 0.3) is 16.7 Å². The molecular weight excluding hydrogens is 577 g/mol. The first-order valence-electron chi connectivity index (χ1n) is 15.7. The Morgan fingerprint density at radius 2 is 1.02 bits per heavy atom. The average molecular weight is 615 g/mol. The lowest BCUT2D eigenvalue weighted by molar-refractivity contribution is 1.27. The van der Waals surface area contributed by atoms with Crippen molar-refractivity contribution in [2.75, 3.05) is 8.61 Å². The van der Waals surface area contributed by atoms with Crippen molar-refractivity contribution in [3.8, 4) is 11.1 Å². The molecular formula is C43H38N2S. The SMILES string of the molecule is C=C/C=C(\C)c1ccc(S2(c3ccc(-c4ccccc4)cc3)N(c3cccc(C)c3)c3ccccc3N2c2cccc(C)c2)cc1. The zero-order chi connectivity index (χ0) is 31.7. The molecule has 6 aromatic carbocycles. The molecule has 0 saturated carbocycles. The Balaban J connectivity index is 1.58. The van der Waals surface area contributed by atoms with Crippen LogP contribution < -0.4 is 8.61 Å². The van der Waals surface area contributed by atoms with E-state index in [1.165, 1.54) is 65.9 Å². The van der Waals surface area contributed by atoms with Crippen LogP contribution in [0.4, 0.5) is 22.7 Å². The van der Waals surface area contributed by atoms with E-state index in [2.05, 4.69) is 194 Å². The first kappa shape index (κ1) is 29.5. The number of fused-ring (bicyclic) bond motifs is 1. The van der Waals surface area contributed by atoms with Gasteiger partial charge in [0.15, 0.2) is 0 Å². The molecule has 2 nitrogen and oxygen atoms in total. The maximum Gasteiger partial charge on any atom is 0.0777 e. The van der Waals surface area contributed by atoms with Gasteiger partial charge in [0.05, 0.1) is 22.7 Å². The van der Waals surface area contributed by atoms with Crippen LogP contribution in [0.3, 0.4) is 0 Å². The van der Waals surface area contributed by atoms with Crippen molar-refractivity contribution in [1.82, 2.24) is 0 Å². The summed E-state index contributed by atoms with van der Waals surface area (Å²) in [5.41, 5.74) is 12.0. The van der Waals surface area contributed by atoms with Crippen LogP contribution in [0.2, 0.25) is 0 Å². The fourth-order valence-electron chi connectivity index (χ4n) is 6.47. The minimum Gasteiger partial charge on any atom is -0.277 e. The molecule has 0 aliphatic carbocycles. The number of nitrogens with zero attached hydrogens (tertiary/aromatic N) is 2. The molecule has 0 bridgehead atoms. The minimum absolute atomic E-state index is 1.18. The summed E-state index contributed by atoms with van der Waals surface area (Å²) in [6, 6.07) is 55.9. The molecule has 0 saturated heterocycles. The van der Waals surface area contributed by atoms with Gasteiger partial charge in [-0.1, -0.05) is 110 Å². The number of benzene rings is 6. The number of hydrogen-bond acceptors (Lipinski definition) is 2. The van der Waals surface area contributed by atoms with Gasteiger partial charge in [0.2, 0.25) is 0 Å². The molecule has 0 spiro atoms. The average Bonchev–Trinajstić information content (AvgIpc) is 3.41. The molecule has 0 aromatic heterocycles. The summed E-state index contributed by atoms with van der Waals surface area (Å²) in [6.45, 7) is 10.4. The number of aryl methyl sites for hydroxylation is 2. The monoisotopic (exact) mass is 614 g/mol. The van der Waals surface area contributed by atoms with Crippen molar-refractivity contribution in [1.29, 1.82) is 0 Å². The number of rotatable bonds is 7. The second kappa shape index (κ2) is 12.3. The predicted octanol–water partition coefficient (Wildman–Crippen LogP) is 12.6. The molecule has 1 aliphatic rings. The summed E-state index contributed by atoms with van der Waals surface area (Å²) in [5.74, 6) is 0. The lowest BCUT2D eigenvalue weighted by atomic mass is 10.1. The second-order valence-electron chi connectivity index (χ2n) is 11.8. The molecule has 0 radical (unpaired) electrons. The number of hydrogen-bond donors (Lipinski definition) is 0. The van der Waals surface area contributed by atoms with Crippen molar-refractivity contribution in [2.45, 2.75) is 30.6 Å². The highest BCUT2D eigenvalue weighted by Crippen LogP contribution is 2.78. The van der Waals surface area contributed by atoms with Crippen LogP contribution in [0.1, 0.15) is 23.6 Å². The van der Waals surface area contributed by atoms with Gasteiger partial charge in [-0.3, -0.25) is 8.61 Å². The van der Waals surface area contributed by atoms with Gasteiger partial charge in [-0.25, -0.2) is 0 Å². The summed E-state index contributed by atoms with van der Waals surface area (Å²) in [7, 11) is -2.13. The van der Waals surface area contributed by atoms with E-state index in [-0.39, 0.29) is 0 Å². The fourth-order valence-corrected chi connectivity index (χ4v) is 10.5. The van der Waals surface area contributed by atoms with Gasteiger partial charge in [0, 0.05) is 9.79 Å². The normalized spacial score (nSPS) is 14.5. The van der Waals surface area contributed by atoms with Gasteiger partial charge in [-0.15, -0.1) is 0 Å². The second-order valence-corrected chi connectivity index (χ2v) is 14.6. The van der Waals surface area contributed by atoms with E-state index in [1.807, 2.05) is 6.08 Å². The summed E-state index contributed by atoms with van der Waals surface area (Å²) >= 11 is 0. The topological polar surface area (TPSA) is 6.48 Å². The molecule has 7 rings (SSSR count). The summed E-state index contributed by atoms with van der Waals surface area (Å²) in [6.07, 6.45) is 3.93.